The number of nitrogens with zero attached hydrogens (tertiary/aromatic N) is 3. The number of rotatable bonds is 5. The Kier molecular flexibility index (Phi) is 3.94. The molecule has 4 nitrogen and oxygen atoms in total. The Morgan fingerprint density at radius 2 is 2.21 bits per heavy atom. The highest BCUT2D eigenvalue weighted by molar-refractivity contribution is 5.09. The van der Waals surface area contributed by atoms with Gasteiger partial charge in [-0.1, -0.05) is 18.6 Å². The maximum absolute atomic E-state index is 12.1. The van der Waals surface area contributed by atoms with Gasteiger partial charge in [0.2, 0.25) is 0 Å². The van der Waals surface area contributed by atoms with Crippen molar-refractivity contribution >= 4 is 0 Å². The third kappa shape index (κ3) is 2.47. The lowest BCUT2D eigenvalue weighted by molar-refractivity contribution is 0.119. The van der Waals surface area contributed by atoms with Crippen LogP contribution < -0.4 is 5.73 Å². The quantitative estimate of drug-likeness (QED) is 0.777. The normalized spacial score (nSPS) is 11.2. The molecular formula is C8H14F2N4. The van der Waals surface area contributed by atoms with Gasteiger partial charge in [0, 0.05) is 6.54 Å². The van der Waals surface area contributed by atoms with Crippen molar-refractivity contribution in [1.29, 1.82) is 0 Å². The summed E-state index contributed by atoms with van der Waals surface area (Å²) in [5.74, 6) is 0. The van der Waals surface area contributed by atoms with Gasteiger partial charge in [-0.3, -0.25) is 0 Å². The molecular weight excluding hydrogens is 190 g/mol. The van der Waals surface area contributed by atoms with Crippen molar-refractivity contribution in [1.82, 2.24) is 15.0 Å². The Bertz CT molecular complexity index is 285. The van der Waals surface area contributed by atoms with Crippen LogP contribution in [-0.4, -0.2) is 21.4 Å². The second kappa shape index (κ2) is 4.99. The lowest BCUT2D eigenvalue weighted by Gasteiger charge is -2.05. The van der Waals surface area contributed by atoms with Gasteiger partial charge in [0.15, 0.2) is 0 Å². The molecule has 0 bridgehead atoms. The van der Waals surface area contributed by atoms with Crippen LogP contribution in [0.5, 0.6) is 0 Å². The molecule has 1 heterocycles. The summed E-state index contributed by atoms with van der Waals surface area (Å²) in [5, 5.41) is 7.41. The molecule has 0 radical (unpaired) electrons. The van der Waals surface area contributed by atoms with Crippen molar-refractivity contribution in [2.75, 3.05) is 0 Å². The summed E-state index contributed by atoms with van der Waals surface area (Å²) in [7, 11) is 0. The zero-order valence-electron chi connectivity index (χ0n) is 8.08. The average Bonchev–Trinajstić information content (AvgIpc) is 2.48. The van der Waals surface area contributed by atoms with E-state index >= 15 is 0 Å². The Labute approximate surface area is 81.1 Å². The number of hydrogen-bond acceptors (Lipinski definition) is 3. The molecule has 0 atom stereocenters. The smallest absolute Gasteiger partial charge is 0.257 e. The van der Waals surface area contributed by atoms with Gasteiger partial charge in [-0.15, -0.1) is 5.10 Å². The summed E-state index contributed by atoms with van der Waals surface area (Å²) >= 11 is 0. The molecule has 0 fully saturated rings. The zero-order valence-corrected chi connectivity index (χ0v) is 8.08. The van der Waals surface area contributed by atoms with Crippen LogP contribution in [0.1, 0.15) is 24.7 Å². The topological polar surface area (TPSA) is 56.7 Å². The Balaban J connectivity index is 2.86. The number of aromatic nitrogens is 3. The van der Waals surface area contributed by atoms with Crippen LogP contribution in [0.3, 0.4) is 0 Å². The first-order valence-corrected chi connectivity index (χ1v) is 4.58. The van der Waals surface area contributed by atoms with E-state index in [1.807, 2.05) is 6.92 Å². The lowest BCUT2D eigenvalue weighted by atomic mass is 10.2. The van der Waals surface area contributed by atoms with Gasteiger partial charge in [-0.05, 0) is 6.42 Å². The minimum Gasteiger partial charge on any atom is -0.325 e. The van der Waals surface area contributed by atoms with E-state index in [1.54, 1.807) is 0 Å². The molecule has 0 amide bonds. The van der Waals surface area contributed by atoms with Crippen molar-refractivity contribution in [2.45, 2.75) is 39.3 Å². The van der Waals surface area contributed by atoms with Crippen molar-refractivity contribution in [3.8, 4) is 0 Å². The standard InChI is InChI=1S/C8H14F2N4/c1-2-3-7-6(4-11)12-13-14(7)5-8(9)10/h8H,2-5,11H2,1H3. The average molecular weight is 204 g/mol. The van der Waals surface area contributed by atoms with Crippen LogP contribution in [0.2, 0.25) is 0 Å². The number of hydrogen-bond donors (Lipinski definition) is 1. The fourth-order valence-corrected chi connectivity index (χ4v) is 1.31. The number of halogens is 2. The first kappa shape index (κ1) is 11.0. The van der Waals surface area contributed by atoms with Crippen LogP contribution >= 0.6 is 0 Å². The van der Waals surface area contributed by atoms with Crippen molar-refractivity contribution < 1.29 is 8.78 Å². The van der Waals surface area contributed by atoms with Crippen molar-refractivity contribution in [3.63, 3.8) is 0 Å². The van der Waals surface area contributed by atoms with E-state index < -0.39 is 13.0 Å². The minimum absolute atomic E-state index is 0.249. The Morgan fingerprint density at radius 3 is 2.71 bits per heavy atom. The van der Waals surface area contributed by atoms with Gasteiger partial charge in [0.25, 0.3) is 6.43 Å². The van der Waals surface area contributed by atoms with Gasteiger partial charge >= 0.3 is 0 Å². The highest BCUT2D eigenvalue weighted by Crippen LogP contribution is 2.09. The van der Waals surface area contributed by atoms with Crippen LogP contribution in [0.4, 0.5) is 8.78 Å². The third-order valence-electron chi connectivity index (χ3n) is 1.91. The van der Waals surface area contributed by atoms with Crippen molar-refractivity contribution in [3.05, 3.63) is 11.4 Å². The monoisotopic (exact) mass is 204 g/mol. The van der Waals surface area contributed by atoms with Crippen LogP contribution in [0.25, 0.3) is 0 Å². The SMILES string of the molecule is CCCc1c(CN)nnn1CC(F)F. The zero-order chi connectivity index (χ0) is 10.6. The van der Waals surface area contributed by atoms with Crippen LogP contribution in [0, 0.1) is 0 Å². The van der Waals surface area contributed by atoms with E-state index in [4.69, 9.17) is 5.73 Å². The molecule has 0 aliphatic rings. The first-order valence-electron chi connectivity index (χ1n) is 4.58. The lowest BCUT2D eigenvalue weighted by Crippen LogP contribution is -2.12. The molecule has 1 rings (SSSR count). The molecule has 2 N–H and O–H groups in total. The van der Waals surface area contributed by atoms with Gasteiger partial charge in [0.1, 0.15) is 6.54 Å². The minimum atomic E-state index is -2.40. The molecule has 80 valence electrons. The summed E-state index contributed by atoms with van der Waals surface area (Å²) < 4.78 is 25.5. The Morgan fingerprint density at radius 1 is 1.50 bits per heavy atom. The Hall–Kier alpha value is -1.04. The molecule has 14 heavy (non-hydrogen) atoms. The fraction of sp³-hybridized carbons (Fsp3) is 0.750. The fourth-order valence-electron chi connectivity index (χ4n) is 1.31. The molecule has 1 aromatic rings. The van der Waals surface area contributed by atoms with E-state index in [9.17, 15) is 8.78 Å². The predicted molar refractivity (Wildman–Crippen MR) is 47.9 cm³/mol. The highest BCUT2D eigenvalue weighted by atomic mass is 19.3. The maximum Gasteiger partial charge on any atom is 0.257 e. The first-order chi connectivity index (χ1) is 6.69. The van der Waals surface area contributed by atoms with Crippen LogP contribution in [0.15, 0.2) is 0 Å². The van der Waals surface area contributed by atoms with Gasteiger partial charge < -0.3 is 5.73 Å². The summed E-state index contributed by atoms with van der Waals surface area (Å²) in [6.07, 6.45) is -0.853. The van der Waals surface area contributed by atoms with E-state index in [-0.39, 0.29) is 6.54 Å². The molecule has 0 unspecified atom stereocenters. The summed E-state index contributed by atoms with van der Waals surface area (Å²) in [4.78, 5) is 0. The van der Waals surface area contributed by atoms with Gasteiger partial charge in [-0.2, -0.15) is 0 Å². The van der Waals surface area contributed by atoms with Crippen LogP contribution in [-0.2, 0) is 19.5 Å². The highest BCUT2D eigenvalue weighted by Gasteiger charge is 2.13. The summed E-state index contributed by atoms with van der Waals surface area (Å²) in [6, 6.07) is 0. The molecule has 0 aliphatic carbocycles. The van der Waals surface area contributed by atoms with E-state index in [0.717, 1.165) is 12.1 Å². The third-order valence-corrected chi connectivity index (χ3v) is 1.91. The molecule has 0 saturated carbocycles. The maximum atomic E-state index is 12.1. The van der Waals surface area contributed by atoms with Gasteiger partial charge in [0.05, 0.1) is 11.4 Å². The number of nitrogens with two attached hydrogens (primary N) is 1. The molecule has 0 aromatic carbocycles. The van der Waals surface area contributed by atoms with Crippen molar-refractivity contribution in [2.24, 2.45) is 5.73 Å². The second-order valence-electron chi connectivity index (χ2n) is 3.01. The van der Waals surface area contributed by atoms with E-state index in [0.29, 0.717) is 12.1 Å². The molecule has 1 aromatic heterocycles. The number of alkyl halides is 2. The van der Waals surface area contributed by atoms with Gasteiger partial charge in [-0.25, -0.2) is 13.5 Å². The second-order valence-corrected chi connectivity index (χ2v) is 3.01. The summed E-state index contributed by atoms with van der Waals surface area (Å²) in [5.41, 5.74) is 6.77. The molecule has 6 heteroatoms. The molecule has 0 spiro atoms. The van der Waals surface area contributed by atoms with E-state index in [2.05, 4.69) is 10.3 Å². The molecule has 0 aliphatic heterocycles. The summed E-state index contributed by atoms with van der Waals surface area (Å²) in [6.45, 7) is 1.82. The predicted octanol–water partition coefficient (Wildman–Crippen LogP) is 0.954. The molecule has 0 saturated heterocycles. The largest absolute Gasteiger partial charge is 0.325 e. The van der Waals surface area contributed by atoms with E-state index in [1.165, 1.54) is 4.68 Å².